The monoisotopic (exact) mass is 444 g/mol. The first kappa shape index (κ1) is 24.1. The maximum absolute atomic E-state index is 12.3. The summed E-state index contributed by atoms with van der Waals surface area (Å²) in [4.78, 5) is 12.3. The van der Waals surface area contributed by atoms with Gasteiger partial charge in [-0.15, -0.1) is 0 Å². The highest BCUT2D eigenvalue weighted by Crippen LogP contribution is 2.30. The molecule has 0 saturated carbocycles. The number of ether oxygens (including phenoxy) is 2. The summed E-state index contributed by atoms with van der Waals surface area (Å²) in [6.45, 7) is 7.81. The van der Waals surface area contributed by atoms with Gasteiger partial charge in [-0.3, -0.25) is 0 Å². The molecule has 0 aliphatic heterocycles. The van der Waals surface area contributed by atoms with Crippen molar-refractivity contribution in [2.24, 2.45) is 0 Å². The van der Waals surface area contributed by atoms with Crippen LogP contribution in [0.3, 0.4) is 0 Å². The van der Waals surface area contributed by atoms with Crippen LogP contribution in [0.15, 0.2) is 84.9 Å². The number of rotatable bonds is 9. The van der Waals surface area contributed by atoms with Gasteiger partial charge < -0.3 is 14.6 Å². The van der Waals surface area contributed by atoms with Gasteiger partial charge in [-0.1, -0.05) is 67.6 Å². The van der Waals surface area contributed by atoms with Crippen molar-refractivity contribution >= 4 is 11.5 Å². The molecule has 0 spiro atoms. The van der Waals surface area contributed by atoms with E-state index in [2.05, 4.69) is 13.0 Å². The lowest BCUT2D eigenvalue weighted by Gasteiger charge is -2.25. The molecule has 1 unspecified atom stereocenters. The maximum Gasteiger partial charge on any atom is 0.345 e. The molecule has 3 aromatic carbocycles. The van der Waals surface area contributed by atoms with Crippen molar-refractivity contribution in [1.29, 1.82) is 0 Å². The van der Waals surface area contributed by atoms with Crippen molar-refractivity contribution in [1.82, 2.24) is 0 Å². The van der Waals surface area contributed by atoms with Gasteiger partial charge in [-0.2, -0.15) is 0 Å². The summed E-state index contributed by atoms with van der Waals surface area (Å²) >= 11 is 0. The average molecular weight is 445 g/mol. The highest BCUT2D eigenvalue weighted by atomic mass is 16.6. The summed E-state index contributed by atoms with van der Waals surface area (Å²) < 4.78 is 11.3. The van der Waals surface area contributed by atoms with Crippen LogP contribution < -0.4 is 4.74 Å². The summed E-state index contributed by atoms with van der Waals surface area (Å²) in [5, 5.41) is 9.52. The molecule has 0 bridgehead atoms. The first-order chi connectivity index (χ1) is 15.8. The van der Waals surface area contributed by atoms with Crippen LogP contribution >= 0.6 is 0 Å². The number of phenolic OH excluding ortho intramolecular Hbond substituents is 1. The number of hydrogen-bond donors (Lipinski definition) is 1. The molecule has 33 heavy (non-hydrogen) atoms. The highest BCUT2D eigenvalue weighted by molar-refractivity contribution is 5.72. The van der Waals surface area contributed by atoms with E-state index in [1.807, 2.05) is 87.5 Å². The molecule has 0 radical (unpaired) electrons. The lowest BCUT2D eigenvalue weighted by molar-refractivity contribution is -0.159. The third-order valence-electron chi connectivity index (χ3n) is 5.76. The normalized spacial score (nSPS) is 12.8. The Morgan fingerprint density at radius 3 is 2.21 bits per heavy atom. The number of allylic oxidation sites excluding steroid dienone is 2. The molecule has 1 N–H and O–H groups in total. The average Bonchev–Trinajstić information content (AvgIpc) is 2.82. The van der Waals surface area contributed by atoms with Gasteiger partial charge in [-0.05, 0) is 79.6 Å². The van der Waals surface area contributed by atoms with E-state index in [9.17, 15) is 9.90 Å². The van der Waals surface area contributed by atoms with Crippen LogP contribution in [0.4, 0.5) is 0 Å². The lowest BCUT2D eigenvalue weighted by atomic mass is 9.90. The Morgan fingerprint density at radius 2 is 1.61 bits per heavy atom. The third-order valence-corrected chi connectivity index (χ3v) is 5.76. The number of aromatic hydroxyl groups is 1. The maximum atomic E-state index is 12.3. The van der Waals surface area contributed by atoms with Crippen molar-refractivity contribution in [3.63, 3.8) is 0 Å². The smallest absolute Gasteiger partial charge is 0.345 e. The lowest BCUT2D eigenvalue weighted by Crippen LogP contribution is -2.28. The van der Waals surface area contributed by atoms with Gasteiger partial charge in [0.2, 0.25) is 0 Å². The number of benzene rings is 3. The van der Waals surface area contributed by atoms with E-state index in [0.717, 1.165) is 17.5 Å². The van der Waals surface area contributed by atoms with Gasteiger partial charge >= 0.3 is 5.97 Å². The SMILES string of the molecule is C/C=C(/CC(C)c1ccc(OCC(=O)OC(C)(C)c2ccccc2)cc1)c1ccc(O)cc1. The van der Waals surface area contributed by atoms with Crippen LogP contribution in [0.1, 0.15) is 56.7 Å². The molecular weight excluding hydrogens is 412 g/mol. The Morgan fingerprint density at radius 1 is 0.970 bits per heavy atom. The van der Waals surface area contributed by atoms with Gasteiger partial charge in [0, 0.05) is 0 Å². The van der Waals surface area contributed by atoms with Crippen LogP contribution in [0.5, 0.6) is 11.5 Å². The molecular formula is C29H32O4. The highest BCUT2D eigenvalue weighted by Gasteiger charge is 2.25. The summed E-state index contributed by atoms with van der Waals surface area (Å²) in [7, 11) is 0. The molecule has 0 aliphatic rings. The summed E-state index contributed by atoms with van der Waals surface area (Å²) in [6, 6.07) is 24.8. The van der Waals surface area contributed by atoms with Gasteiger partial charge in [0.15, 0.2) is 6.61 Å². The second-order valence-electron chi connectivity index (χ2n) is 8.67. The summed E-state index contributed by atoms with van der Waals surface area (Å²) in [6.07, 6.45) is 2.99. The molecule has 0 fully saturated rings. The van der Waals surface area contributed by atoms with Crippen LogP contribution in [0.2, 0.25) is 0 Å². The Hall–Kier alpha value is -3.53. The van der Waals surface area contributed by atoms with E-state index in [1.165, 1.54) is 11.1 Å². The minimum atomic E-state index is -0.719. The molecule has 0 amide bonds. The van der Waals surface area contributed by atoms with Gasteiger partial charge in [0.25, 0.3) is 0 Å². The summed E-state index contributed by atoms with van der Waals surface area (Å²) in [5.41, 5.74) is 3.74. The van der Waals surface area contributed by atoms with Gasteiger partial charge in [-0.25, -0.2) is 4.79 Å². The standard InChI is InChI=1S/C29H32O4/c1-5-22(24-11-15-26(30)16-12-24)19-21(2)23-13-17-27(18-14-23)32-20-28(31)33-29(3,4)25-9-7-6-8-10-25/h5-18,21,30H,19-20H2,1-4H3/b22-5-. The largest absolute Gasteiger partial charge is 0.508 e. The van der Waals surface area contributed by atoms with Crippen molar-refractivity contribution < 1.29 is 19.4 Å². The molecule has 1 atom stereocenters. The van der Waals surface area contributed by atoms with E-state index < -0.39 is 11.6 Å². The van der Waals surface area contributed by atoms with Crippen LogP contribution in [-0.2, 0) is 15.1 Å². The molecule has 3 aromatic rings. The Kier molecular flexibility index (Phi) is 7.94. The number of phenols is 1. The number of carbonyl (C=O) groups excluding carboxylic acids is 1. The van der Waals surface area contributed by atoms with Crippen LogP contribution in [-0.4, -0.2) is 17.7 Å². The Labute approximate surface area is 196 Å². The zero-order valence-corrected chi connectivity index (χ0v) is 19.7. The molecule has 0 aromatic heterocycles. The first-order valence-electron chi connectivity index (χ1n) is 11.2. The summed E-state index contributed by atoms with van der Waals surface area (Å²) in [5.74, 6) is 0.791. The predicted octanol–water partition coefficient (Wildman–Crippen LogP) is 6.85. The van der Waals surface area contributed by atoms with Crippen molar-refractivity contribution in [2.45, 2.75) is 45.6 Å². The second-order valence-corrected chi connectivity index (χ2v) is 8.67. The van der Waals surface area contributed by atoms with E-state index in [0.29, 0.717) is 11.7 Å². The molecule has 4 heteroatoms. The van der Waals surface area contributed by atoms with E-state index in [4.69, 9.17) is 9.47 Å². The van der Waals surface area contributed by atoms with Crippen molar-refractivity contribution in [3.8, 4) is 11.5 Å². The Balaban J connectivity index is 1.54. The minimum absolute atomic E-state index is 0.144. The molecule has 0 saturated heterocycles. The fourth-order valence-corrected chi connectivity index (χ4v) is 3.77. The number of hydrogen-bond acceptors (Lipinski definition) is 4. The molecule has 0 heterocycles. The van der Waals surface area contributed by atoms with Crippen molar-refractivity contribution in [2.75, 3.05) is 6.61 Å². The minimum Gasteiger partial charge on any atom is -0.508 e. The third kappa shape index (κ3) is 6.72. The van der Waals surface area contributed by atoms with Gasteiger partial charge in [0.1, 0.15) is 17.1 Å². The fourth-order valence-electron chi connectivity index (χ4n) is 3.77. The first-order valence-corrected chi connectivity index (χ1v) is 11.2. The zero-order chi connectivity index (χ0) is 23.8. The van der Waals surface area contributed by atoms with E-state index in [-0.39, 0.29) is 12.4 Å². The van der Waals surface area contributed by atoms with Gasteiger partial charge in [0.05, 0.1) is 0 Å². The molecule has 3 rings (SSSR count). The topological polar surface area (TPSA) is 55.8 Å². The van der Waals surface area contributed by atoms with Crippen LogP contribution in [0.25, 0.3) is 5.57 Å². The molecule has 4 nitrogen and oxygen atoms in total. The number of carbonyl (C=O) groups is 1. The van der Waals surface area contributed by atoms with E-state index >= 15 is 0 Å². The molecule has 0 aliphatic carbocycles. The fraction of sp³-hybridized carbons (Fsp3) is 0.276. The Bertz CT molecular complexity index is 1060. The number of esters is 1. The molecule has 172 valence electrons. The quantitative estimate of drug-likeness (QED) is 0.367. The second kappa shape index (κ2) is 10.9. The van der Waals surface area contributed by atoms with Crippen LogP contribution in [0, 0.1) is 0 Å². The zero-order valence-electron chi connectivity index (χ0n) is 19.7. The van der Waals surface area contributed by atoms with E-state index in [1.54, 1.807) is 12.1 Å². The predicted molar refractivity (Wildman–Crippen MR) is 132 cm³/mol. The van der Waals surface area contributed by atoms with Crippen molar-refractivity contribution in [3.05, 3.63) is 102 Å².